The molecular formula is C69H47N5. The lowest BCUT2D eigenvalue weighted by molar-refractivity contribution is 0.668. The van der Waals surface area contributed by atoms with Gasteiger partial charge in [0.15, 0.2) is 0 Å². The molecule has 1 unspecified atom stereocenters. The van der Waals surface area contributed by atoms with E-state index in [1.165, 1.54) is 22.1 Å². The van der Waals surface area contributed by atoms with E-state index >= 15 is 0 Å². The topological polar surface area (TPSA) is 46.6 Å². The first-order valence-electron chi connectivity index (χ1n) is 25.3. The summed E-state index contributed by atoms with van der Waals surface area (Å²) in [5.41, 5.74) is 18.8. The van der Waals surface area contributed by atoms with E-state index in [0.717, 1.165) is 99.8 Å². The number of nitrogens with zero attached hydrogens (tertiary/aromatic N) is 4. The monoisotopic (exact) mass is 945 g/mol. The number of para-hydroxylation sites is 3. The molecule has 1 atom stereocenters. The minimum atomic E-state index is -0.453. The van der Waals surface area contributed by atoms with Crippen molar-refractivity contribution in [2.24, 2.45) is 9.98 Å². The molecule has 0 radical (unpaired) electrons. The van der Waals surface area contributed by atoms with Crippen LogP contribution in [-0.4, -0.2) is 20.9 Å². The van der Waals surface area contributed by atoms with Crippen LogP contribution in [0.5, 0.6) is 0 Å². The van der Waals surface area contributed by atoms with Gasteiger partial charge in [0.2, 0.25) is 5.96 Å². The summed E-state index contributed by atoms with van der Waals surface area (Å²) in [4.78, 5) is 11.3. The van der Waals surface area contributed by atoms with Gasteiger partial charge in [0, 0.05) is 38.2 Å². The molecule has 0 bridgehead atoms. The van der Waals surface area contributed by atoms with Crippen molar-refractivity contribution in [2.75, 3.05) is 0 Å². The van der Waals surface area contributed by atoms with Gasteiger partial charge >= 0.3 is 0 Å². The lowest BCUT2D eigenvalue weighted by Gasteiger charge is -2.25. The highest BCUT2D eigenvalue weighted by molar-refractivity contribution is 6.27. The summed E-state index contributed by atoms with van der Waals surface area (Å²) in [5.74, 6) is 1.35. The lowest BCUT2D eigenvalue weighted by Crippen LogP contribution is -2.35. The first kappa shape index (κ1) is 43.0. The SMILES string of the molecule is c1ccc(-c2ccc(C3N=C(n4c5ccccc5c5ccc6c7ccccc7n(-c7c(-c8ccccc8)cccc7-c7cccc(-c8ccccc8)c7)c6c54)N=C(c4cccc(-c5ccccc5)c4)N3)cc2)cc1. The summed E-state index contributed by atoms with van der Waals surface area (Å²) in [6.45, 7) is 0. The van der Waals surface area contributed by atoms with Crippen molar-refractivity contribution in [1.29, 1.82) is 0 Å². The van der Waals surface area contributed by atoms with Crippen LogP contribution in [0.1, 0.15) is 17.3 Å². The lowest BCUT2D eigenvalue weighted by atomic mass is 9.93. The average molecular weight is 946 g/mol. The largest absolute Gasteiger partial charge is 0.344 e. The van der Waals surface area contributed by atoms with E-state index in [9.17, 15) is 0 Å². The molecule has 0 saturated heterocycles. The fourth-order valence-corrected chi connectivity index (χ4v) is 11.1. The zero-order valence-corrected chi connectivity index (χ0v) is 40.3. The molecule has 2 aromatic heterocycles. The molecule has 1 N–H and O–H groups in total. The Morgan fingerprint density at radius 1 is 0.311 bits per heavy atom. The third-order valence-corrected chi connectivity index (χ3v) is 14.6. The molecule has 11 aromatic carbocycles. The molecule has 3 heterocycles. The Hall–Kier alpha value is -9.84. The fourth-order valence-electron chi connectivity index (χ4n) is 11.1. The molecule has 348 valence electrons. The predicted molar refractivity (Wildman–Crippen MR) is 309 cm³/mol. The van der Waals surface area contributed by atoms with Crippen molar-refractivity contribution >= 4 is 55.4 Å². The van der Waals surface area contributed by atoms with Crippen LogP contribution in [0.3, 0.4) is 0 Å². The first-order valence-corrected chi connectivity index (χ1v) is 25.3. The minimum Gasteiger partial charge on any atom is -0.344 e. The minimum absolute atomic E-state index is 0.453. The third-order valence-electron chi connectivity index (χ3n) is 14.6. The summed E-state index contributed by atoms with van der Waals surface area (Å²) in [6, 6.07) is 97.9. The number of hydrogen-bond acceptors (Lipinski definition) is 3. The van der Waals surface area contributed by atoms with E-state index in [1.807, 2.05) is 0 Å². The van der Waals surface area contributed by atoms with E-state index in [2.05, 4.69) is 287 Å². The highest BCUT2D eigenvalue weighted by Gasteiger charge is 2.28. The van der Waals surface area contributed by atoms with Crippen LogP contribution in [0.2, 0.25) is 0 Å². The molecular weight excluding hydrogens is 899 g/mol. The van der Waals surface area contributed by atoms with Gasteiger partial charge in [-0.2, -0.15) is 4.99 Å². The van der Waals surface area contributed by atoms with Crippen molar-refractivity contribution in [1.82, 2.24) is 14.5 Å². The zero-order chi connectivity index (χ0) is 49.0. The molecule has 13 aromatic rings. The Balaban J connectivity index is 1.07. The second-order valence-corrected chi connectivity index (χ2v) is 18.9. The molecule has 0 saturated carbocycles. The molecule has 5 nitrogen and oxygen atoms in total. The summed E-state index contributed by atoms with van der Waals surface area (Å²) >= 11 is 0. The van der Waals surface area contributed by atoms with E-state index in [4.69, 9.17) is 9.98 Å². The van der Waals surface area contributed by atoms with E-state index in [-0.39, 0.29) is 0 Å². The summed E-state index contributed by atoms with van der Waals surface area (Å²) in [6.07, 6.45) is -0.453. The zero-order valence-electron chi connectivity index (χ0n) is 40.3. The van der Waals surface area contributed by atoms with Crippen molar-refractivity contribution in [2.45, 2.75) is 6.17 Å². The fraction of sp³-hybridized carbons (Fsp3) is 0.0145. The van der Waals surface area contributed by atoms with E-state index < -0.39 is 6.17 Å². The number of rotatable bonds is 8. The summed E-state index contributed by atoms with van der Waals surface area (Å²) < 4.78 is 4.86. The number of benzene rings is 11. The van der Waals surface area contributed by atoms with Gasteiger partial charge in [-0.25, -0.2) is 4.99 Å². The van der Waals surface area contributed by atoms with Gasteiger partial charge in [0.1, 0.15) is 12.0 Å². The third kappa shape index (κ3) is 7.41. The van der Waals surface area contributed by atoms with Crippen LogP contribution >= 0.6 is 0 Å². The quantitative estimate of drug-likeness (QED) is 0.162. The van der Waals surface area contributed by atoms with Crippen molar-refractivity contribution in [3.63, 3.8) is 0 Å². The standard InChI is InChI=1S/C69H47N5/c1-5-20-46(21-6-1)49-38-40-51(41-39-49)67-70-68(55-31-18-29-53(45-55)48-24-9-3-10-25-48)72-69(71-67)74-63-37-16-14-33-59(63)61-43-42-60-58-32-13-15-36-62(58)73(65(60)66(61)74)64-56(50-26-11-4-12-27-50)34-19-35-57(64)54-30-17-28-52(44-54)47-22-7-2-8-23-47/h1-45,67H,(H,70,71,72). The Labute approximate surface area is 429 Å². The second kappa shape index (κ2) is 18.1. The highest BCUT2D eigenvalue weighted by atomic mass is 15.3. The molecule has 5 heteroatoms. The first-order chi connectivity index (χ1) is 36.7. The van der Waals surface area contributed by atoms with Crippen LogP contribution in [0, 0.1) is 0 Å². The molecule has 0 fully saturated rings. The van der Waals surface area contributed by atoms with Gasteiger partial charge in [-0.3, -0.25) is 4.57 Å². The van der Waals surface area contributed by atoms with Crippen molar-refractivity contribution in [3.05, 3.63) is 284 Å². The molecule has 1 aliphatic rings. The average Bonchev–Trinajstić information content (AvgIpc) is 4.01. The normalized spacial score (nSPS) is 13.5. The van der Waals surface area contributed by atoms with Crippen LogP contribution in [0.4, 0.5) is 0 Å². The predicted octanol–water partition coefficient (Wildman–Crippen LogP) is 17.2. The maximum Gasteiger partial charge on any atom is 0.234 e. The van der Waals surface area contributed by atoms with Gasteiger partial charge in [0.05, 0.1) is 27.8 Å². The van der Waals surface area contributed by atoms with Crippen LogP contribution in [0.15, 0.2) is 283 Å². The highest BCUT2D eigenvalue weighted by Crippen LogP contribution is 2.46. The van der Waals surface area contributed by atoms with Gasteiger partial charge < -0.3 is 9.88 Å². The Bertz CT molecular complexity index is 4300. The number of amidine groups is 1. The number of nitrogens with one attached hydrogen (secondary N) is 1. The molecule has 0 spiro atoms. The molecule has 14 rings (SSSR count). The maximum absolute atomic E-state index is 5.66. The van der Waals surface area contributed by atoms with Gasteiger partial charge in [-0.1, -0.05) is 249 Å². The molecule has 0 aliphatic carbocycles. The number of aliphatic imine (C=N–C) groups is 2. The van der Waals surface area contributed by atoms with Gasteiger partial charge in [0.25, 0.3) is 0 Å². The van der Waals surface area contributed by atoms with Crippen molar-refractivity contribution < 1.29 is 0 Å². The summed E-state index contributed by atoms with van der Waals surface area (Å²) in [7, 11) is 0. The molecule has 74 heavy (non-hydrogen) atoms. The Morgan fingerprint density at radius 2 is 0.730 bits per heavy atom. The summed E-state index contributed by atoms with van der Waals surface area (Å²) in [5, 5.41) is 8.38. The number of hydrogen-bond donors (Lipinski definition) is 1. The molecule has 1 aliphatic heterocycles. The Morgan fingerprint density at radius 3 is 1.32 bits per heavy atom. The van der Waals surface area contributed by atoms with E-state index in [0.29, 0.717) is 5.96 Å². The van der Waals surface area contributed by atoms with Gasteiger partial charge in [-0.05, 0) is 74.3 Å². The van der Waals surface area contributed by atoms with E-state index in [1.54, 1.807) is 0 Å². The maximum atomic E-state index is 5.66. The smallest absolute Gasteiger partial charge is 0.234 e. The second-order valence-electron chi connectivity index (χ2n) is 18.9. The Kier molecular flexibility index (Phi) is 10.5. The van der Waals surface area contributed by atoms with Crippen LogP contribution in [-0.2, 0) is 0 Å². The van der Waals surface area contributed by atoms with Gasteiger partial charge in [-0.15, -0.1) is 0 Å². The number of fused-ring (bicyclic) bond motifs is 7. The van der Waals surface area contributed by atoms with Crippen molar-refractivity contribution in [3.8, 4) is 61.3 Å². The number of aromatic nitrogens is 2. The molecule has 0 amide bonds. The van der Waals surface area contributed by atoms with Crippen LogP contribution < -0.4 is 5.32 Å². The van der Waals surface area contributed by atoms with Crippen LogP contribution in [0.25, 0.3) is 105 Å².